The number of nitrogens with zero attached hydrogens (tertiary/aromatic N) is 2. The van der Waals surface area contributed by atoms with E-state index in [1.165, 1.54) is 0 Å². The van der Waals surface area contributed by atoms with Crippen LogP contribution >= 0.6 is 0 Å². The van der Waals surface area contributed by atoms with Crippen molar-refractivity contribution >= 4 is 5.82 Å². The van der Waals surface area contributed by atoms with Crippen molar-refractivity contribution in [2.24, 2.45) is 0 Å². The van der Waals surface area contributed by atoms with Gasteiger partial charge in [-0.25, -0.2) is 4.98 Å². The van der Waals surface area contributed by atoms with Gasteiger partial charge in [-0.15, -0.1) is 0 Å². The molecule has 0 amide bonds. The van der Waals surface area contributed by atoms with Gasteiger partial charge in [0.2, 0.25) is 0 Å². The summed E-state index contributed by atoms with van der Waals surface area (Å²) < 4.78 is 0. The standard InChI is InChI=1S/C12H13N3.C2H6/c1-9-6-11(8-15-12(9)13-2)10-4-3-5-14-7-10;1-2/h3-8H,1-2H3,(H,13,15);1-2H3. The second-order valence-corrected chi connectivity index (χ2v) is 3.38. The molecule has 0 saturated heterocycles. The van der Waals surface area contributed by atoms with E-state index in [1.807, 2.05) is 52.3 Å². The molecular formula is C14H19N3. The fourth-order valence-electron chi connectivity index (χ4n) is 1.53. The lowest BCUT2D eigenvalue weighted by Gasteiger charge is -2.06. The second kappa shape index (κ2) is 6.63. The summed E-state index contributed by atoms with van der Waals surface area (Å²) in [5, 5.41) is 3.05. The van der Waals surface area contributed by atoms with E-state index in [9.17, 15) is 0 Å². The summed E-state index contributed by atoms with van der Waals surface area (Å²) in [5.41, 5.74) is 3.33. The largest absolute Gasteiger partial charge is 0.373 e. The van der Waals surface area contributed by atoms with E-state index >= 15 is 0 Å². The fraction of sp³-hybridized carbons (Fsp3) is 0.286. The predicted octanol–water partition coefficient (Wildman–Crippen LogP) is 3.52. The summed E-state index contributed by atoms with van der Waals surface area (Å²) >= 11 is 0. The van der Waals surface area contributed by atoms with Gasteiger partial charge in [0.05, 0.1) is 0 Å². The van der Waals surface area contributed by atoms with Crippen LogP contribution in [0.5, 0.6) is 0 Å². The third-order valence-electron chi connectivity index (χ3n) is 2.31. The Hall–Kier alpha value is -1.90. The van der Waals surface area contributed by atoms with E-state index in [0.717, 1.165) is 22.5 Å². The maximum atomic E-state index is 4.33. The molecule has 17 heavy (non-hydrogen) atoms. The first kappa shape index (κ1) is 13.2. The minimum absolute atomic E-state index is 0.919. The minimum Gasteiger partial charge on any atom is -0.373 e. The van der Waals surface area contributed by atoms with Crippen LogP contribution in [0, 0.1) is 6.92 Å². The van der Waals surface area contributed by atoms with Crippen LogP contribution in [0.2, 0.25) is 0 Å². The summed E-state index contributed by atoms with van der Waals surface area (Å²) in [6.45, 7) is 6.04. The van der Waals surface area contributed by atoms with Gasteiger partial charge in [-0.1, -0.05) is 19.9 Å². The Morgan fingerprint density at radius 2 is 1.88 bits per heavy atom. The lowest BCUT2D eigenvalue weighted by atomic mass is 10.1. The molecule has 0 aromatic carbocycles. The molecule has 90 valence electrons. The molecule has 0 aliphatic rings. The summed E-state index contributed by atoms with van der Waals surface area (Å²) in [4.78, 5) is 8.42. The van der Waals surface area contributed by atoms with Crippen molar-refractivity contribution in [3.63, 3.8) is 0 Å². The van der Waals surface area contributed by atoms with Gasteiger partial charge < -0.3 is 5.32 Å². The Morgan fingerprint density at radius 1 is 1.12 bits per heavy atom. The summed E-state index contributed by atoms with van der Waals surface area (Å²) in [6, 6.07) is 6.06. The van der Waals surface area contributed by atoms with Crippen LogP contribution in [0.3, 0.4) is 0 Å². The number of aromatic nitrogens is 2. The van der Waals surface area contributed by atoms with Crippen LogP contribution in [0.1, 0.15) is 19.4 Å². The Bertz CT molecular complexity index is 452. The SMILES string of the molecule is CC.CNc1ncc(-c2cccnc2)cc1C. The first-order valence-electron chi connectivity index (χ1n) is 5.86. The van der Waals surface area contributed by atoms with Crippen molar-refractivity contribution in [1.29, 1.82) is 0 Å². The number of anilines is 1. The zero-order valence-corrected chi connectivity index (χ0v) is 10.9. The van der Waals surface area contributed by atoms with E-state index in [0.29, 0.717) is 0 Å². The zero-order valence-electron chi connectivity index (χ0n) is 10.9. The second-order valence-electron chi connectivity index (χ2n) is 3.38. The maximum Gasteiger partial charge on any atom is 0.128 e. The van der Waals surface area contributed by atoms with Gasteiger partial charge in [-0.2, -0.15) is 0 Å². The number of aryl methyl sites for hydroxylation is 1. The van der Waals surface area contributed by atoms with Gasteiger partial charge in [-0.05, 0) is 24.6 Å². The first-order chi connectivity index (χ1) is 8.31. The van der Waals surface area contributed by atoms with E-state index in [4.69, 9.17) is 0 Å². The molecule has 2 rings (SSSR count). The molecule has 0 aliphatic heterocycles. The molecule has 0 unspecified atom stereocenters. The highest BCUT2D eigenvalue weighted by molar-refractivity contribution is 5.64. The number of hydrogen-bond donors (Lipinski definition) is 1. The lowest BCUT2D eigenvalue weighted by Crippen LogP contribution is -1.95. The van der Waals surface area contributed by atoms with Crippen LogP contribution < -0.4 is 5.32 Å². The number of pyridine rings is 2. The Balaban J connectivity index is 0.000000686. The van der Waals surface area contributed by atoms with Crippen LogP contribution in [0.4, 0.5) is 5.82 Å². The number of nitrogens with one attached hydrogen (secondary N) is 1. The van der Waals surface area contributed by atoms with Crippen molar-refractivity contribution in [3.8, 4) is 11.1 Å². The van der Waals surface area contributed by atoms with E-state index in [1.54, 1.807) is 6.20 Å². The Labute approximate surface area is 103 Å². The monoisotopic (exact) mass is 229 g/mol. The molecular weight excluding hydrogens is 210 g/mol. The third-order valence-corrected chi connectivity index (χ3v) is 2.31. The van der Waals surface area contributed by atoms with Crippen LogP contribution in [-0.4, -0.2) is 17.0 Å². The highest BCUT2D eigenvalue weighted by atomic mass is 15.0. The molecule has 0 spiro atoms. The smallest absolute Gasteiger partial charge is 0.128 e. The fourth-order valence-corrected chi connectivity index (χ4v) is 1.53. The average molecular weight is 229 g/mol. The summed E-state index contributed by atoms with van der Waals surface area (Å²) in [6.07, 6.45) is 5.47. The van der Waals surface area contributed by atoms with Gasteiger partial charge in [0, 0.05) is 36.8 Å². The third kappa shape index (κ3) is 3.28. The molecule has 0 bridgehead atoms. The van der Waals surface area contributed by atoms with Crippen molar-refractivity contribution in [1.82, 2.24) is 9.97 Å². The molecule has 2 heterocycles. The molecule has 0 saturated carbocycles. The summed E-state index contributed by atoms with van der Waals surface area (Å²) in [7, 11) is 1.87. The molecule has 0 radical (unpaired) electrons. The van der Waals surface area contributed by atoms with E-state index < -0.39 is 0 Å². The number of rotatable bonds is 2. The van der Waals surface area contributed by atoms with E-state index in [2.05, 4.69) is 21.4 Å². The maximum absolute atomic E-state index is 4.33. The molecule has 2 aromatic rings. The van der Waals surface area contributed by atoms with Crippen LogP contribution in [0.15, 0.2) is 36.8 Å². The number of hydrogen-bond acceptors (Lipinski definition) is 3. The van der Waals surface area contributed by atoms with Gasteiger partial charge >= 0.3 is 0 Å². The lowest BCUT2D eigenvalue weighted by molar-refractivity contribution is 1.23. The van der Waals surface area contributed by atoms with Crippen molar-refractivity contribution < 1.29 is 0 Å². The van der Waals surface area contributed by atoms with Crippen LogP contribution in [0.25, 0.3) is 11.1 Å². The van der Waals surface area contributed by atoms with E-state index in [-0.39, 0.29) is 0 Å². The topological polar surface area (TPSA) is 37.8 Å². The summed E-state index contributed by atoms with van der Waals surface area (Å²) in [5.74, 6) is 0.919. The molecule has 0 atom stereocenters. The highest BCUT2D eigenvalue weighted by Crippen LogP contribution is 2.21. The van der Waals surface area contributed by atoms with Crippen molar-refractivity contribution in [2.45, 2.75) is 20.8 Å². The van der Waals surface area contributed by atoms with Crippen LogP contribution in [-0.2, 0) is 0 Å². The Morgan fingerprint density at radius 3 is 2.41 bits per heavy atom. The highest BCUT2D eigenvalue weighted by Gasteiger charge is 2.01. The predicted molar refractivity (Wildman–Crippen MR) is 73.1 cm³/mol. The Kier molecular flexibility index (Phi) is 5.14. The molecule has 2 aromatic heterocycles. The molecule has 1 N–H and O–H groups in total. The quantitative estimate of drug-likeness (QED) is 0.856. The van der Waals surface area contributed by atoms with Gasteiger partial charge in [-0.3, -0.25) is 4.98 Å². The van der Waals surface area contributed by atoms with Gasteiger partial charge in [0.25, 0.3) is 0 Å². The van der Waals surface area contributed by atoms with Crippen molar-refractivity contribution in [3.05, 3.63) is 42.4 Å². The zero-order chi connectivity index (χ0) is 12.7. The molecule has 0 fully saturated rings. The molecule has 3 heteroatoms. The first-order valence-corrected chi connectivity index (χ1v) is 5.86. The van der Waals surface area contributed by atoms with Gasteiger partial charge in [0.1, 0.15) is 5.82 Å². The molecule has 3 nitrogen and oxygen atoms in total. The normalized spacial score (nSPS) is 9.18. The van der Waals surface area contributed by atoms with Gasteiger partial charge in [0.15, 0.2) is 0 Å². The minimum atomic E-state index is 0.919. The van der Waals surface area contributed by atoms with Crippen molar-refractivity contribution in [2.75, 3.05) is 12.4 Å². The average Bonchev–Trinajstić information content (AvgIpc) is 2.42. The molecule has 0 aliphatic carbocycles.